The predicted octanol–water partition coefficient (Wildman–Crippen LogP) is 2.89. The van der Waals surface area contributed by atoms with E-state index in [1.807, 2.05) is 16.8 Å². The third kappa shape index (κ3) is 5.04. The lowest BCUT2D eigenvalue weighted by Gasteiger charge is -2.23. The van der Waals surface area contributed by atoms with Gasteiger partial charge in [0.25, 0.3) is 5.91 Å². The van der Waals surface area contributed by atoms with Crippen LogP contribution in [-0.2, 0) is 12.6 Å². The van der Waals surface area contributed by atoms with Gasteiger partial charge in [0.2, 0.25) is 0 Å². The molecule has 1 amide bonds. The van der Waals surface area contributed by atoms with Crippen molar-refractivity contribution in [3.05, 3.63) is 52.0 Å². The van der Waals surface area contributed by atoms with Gasteiger partial charge in [0.15, 0.2) is 0 Å². The van der Waals surface area contributed by atoms with Crippen molar-refractivity contribution in [2.24, 2.45) is 0 Å². The molecular formula is C15H15F3N2O2S. The number of carbonyl (C=O) groups is 1. The highest BCUT2D eigenvalue weighted by atomic mass is 32.1. The number of nitrogens with one attached hydrogen (secondary N) is 1. The summed E-state index contributed by atoms with van der Waals surface area (Å²) in [6.45, 7) is 1.55. The van der Waals surface area contributed by atoms with Crippen LogP contribution in [0, 0.1) is 0 Å². The van der Waals surface area contributed by atoms with Crippen LogP contribution in [0.5, 0.6) is 0 Å². The molecule has 0 spiro atoms. The fraction of sp³-hybridized carbons (Fsp3) is 0.333. The minimum absolute atomic E-state index is 0.00401. The van der Waals surface area contributed by atoms with Gasteiger partial charge < -0.3 is 10.4 Å². The van der Waals surface area contributed by atoms with Crippen LogP contribution in [0.1, 0.15) is 28.5 Å². The maximum Gasteiger partial charge on any atom is 0.433 e. The Hall–Kier alpha value is -1.93. The SMILES string of the molecule is CC(O)(CNC(=O)c1ccc(C(F)(F)F)nc1)Cc1ccsc1. The van der Waals surface area contributed by atoms with Crippen LogP contribution in [0.25, 0.3) is 0 Å². The van der Waals surface area contributed by atoms with E-state index in [9.17, 15) is 23.1 Å². The van der Waals surface area contributed by atoms with Crippen molar-refractivity contribution >= 4 is 17.2 Å². The molecule has 1 atom stereocenters. The van der Waals surface area contributed by atoms with Crippen LogP contribution in [0.15, 0.2) is 35.2 Å². The second-order valence-electron chi connectivity index (χ2n) is 5.42. The number of alkyl halides is 3. The zero-order chi connectivity index (χ0) is 17.1. The van der Waals surface area contributed by atoms with Crippen molar-refractivity contribution in [2.45, 2.75) is 25.1 Å². The van der Waals surface area contributed by atoms with Gasteiger partial charge in [-0.3, -0.25) is 9.78 Å². The molecule has 0 bridgehead atoms. The predicted molar refractivity (Wildman–Crippen MR) is 80.2 cm³/mol. The number of rotatable bonds is 5. The summed E-state index contributed by atoms with van der Waals surface area (Å²) in [5.41, 5.74) is -1.26. The van der Waals surface area contributed by atoms with Gasteiger partial charge in [-0.1, -0.05) is 0 Å². The Balaban J connectivity index is 1.94. The monoisotopic (exact) mass is 344 g/mol. The van der Waals surface area contributed by atoms with Gasteiger partial charge in [0.05, 0.1) is 11.2 Å². The summed E-state index contributed by atoms with van der Waals surface area (Å²) < 4.78 is 37.2. The molecule has 0 saturated carbocycles. The first-order chi connectivity index (χ1) is 10.7. The fourth-order valence-electron chi connectivity index (χ4n) is 1.96. The largest absolute Gasteiger partial charge is 0.433 e. The average molecular weight is 344 g/mol. The van der Waals surface area contributed by atoms with Gasteiger partial charge >= 0.3 is 6.18 Å². The van der Waals surface area contributed by atoms with E-state index in [1.54, 1.807) is 6.92 Å². The summed E-state index contributed by atoms with van der Waals surface area (Å²) in [6, 6.07) is 3.68. The van der Waals surface area contributed by atoms with Gasteiger partial charge in [-0.2, -0.15) is 24.5 Å². The van der Waals surface area contributed by atoms with Crippen LogP contribution in [-0.4, -0.2) is 28.1 Å². The number of aromatic nitrogens is 1. The summed E-state index contributed by atoms with van der Waals surface area (Å²) in [5, 5.41) is 16.5. The Kier molecular flexibility index (Phi) is 5.06. The summed E-state index contributed by atoms with van der Waals surface area (Å²) in [5.74, 6) is -0.586. The van der Waals surface area contributed by atoms with E-state index < -0.39 is 23.4 Å². The number of thiophene rings is 1. The average Bonchev–Trinajstić information content (AvgIpc) is 2.96. The minimum atomic E-state index is -4.54. The van der Waals surface area contributed by atoms with E-state index in [1.165, 1.54) is 11.3 Å². The van der Waals surface area contributed by atoms with Gasteiger partial charge in [0.1, 0.15) is 5.69 Å². The number of carbonyl (C=O) groups excluding carboxylic acids is 1. The third-order valence-electron chi connectivity index (χ3n) is 3.11. The lowest BCUT2D eigenvalue weighted by Crippen LogP contribution is -2.42. The molecule has 2 aromatic heterocycles. The summed E-state index contributed by atoms with van der Waals surface area (Å²) in [6.07, 6.45) is -3.31. The molecule has 0 aromatic carbocycles. The Labute approximate surface area is 135 Å². The summed E-state index contributed by atoms with van der Waals surface area (Å²) in [7, 11) is 0. The Morgan fingerprint density at radius 1 is 1.35 bits per heavy atom. The van der Waals surface area contributed by atoms with Gasteiger partial charge in [-0.25, -0.2) is 0 Å². The third-order valence-corrected chi connectivity index (χ3v) is 3.84. The number of halogens is 3. The highest BCUT2D eigenvalue weighted by molar-refractivity contribution is 7.07. The molecule has 2 heterocycles. The quantitative estimate of drug-likeness (QED) is 0.877. The van der Waals surface area contributed by atoms with Crippen LogP contribution >= 0.6 is 11.3 Å². The van der Waals surface area contributed by atoms with E-state index >= 15 is 0 Å². The molecule has 0 aliphatic heterocycles. The number of pyridine rings is 1. The van der Waals surface area contributed by atoms with Gasteiger partial charge in [0, 0.05) is 19.2 Å². The van der Waals surface area contributed by atoms with Crippen molar-refractivity contribution in [2.75, 3.05) is 6.54 Å². The first-order valence-corrected chi connectivity index (χ1v) is 7.66. The Bertz CT molecular complexity index is 652. The molecule has 8 heteroatoms. The first kappa shape index (κ1) is 17.4. The minimum Gasteiger partial charge on any atom is -0.388 e. The van der Waals surface area contributed by atoms with Gasteiger partial charge in [-0.15, -0.1) is 0 Å². The van der Waals surface area contributed by atoms with E-state index in [4.69, 9.17) is 0 Å². The molecule has 124 valence electrons. The number of aliphatic hydroxyl groups is 1. The van der Waals surface area contributed by atoms with Crippen molar-refractivity contribution < 1.29 is 23.1 Å². The molecule has 4 nitrogen and oxygen atoms in total. The summed E-state index contributed by atoms with van der Waals surface area (Å²) >= 11 is 1.51. The number of hydrogen-bond acceptors (Lipinski definition) is 4. The van der Waals surface area contributed by atoms with Crippen LogP contribution in [0.2, 0.25) is 0 Å². The van der Waals surface area contributed by atoms with E-state index in [0.717, 1.165) is 23.9 Å². The van der Waals surface area contributed by atoms with Gasteiger partial charge in [-0.05, 0) is 41.4 Å². The molecular weight excluding hydrogens is 329 g/mol. The summed E-state index contributed by atoms with van der Waals surface area (Å²) in [4.78, 5) is 15.1. The second-order valence-corrected chi connectivity index (χ2v) is 6.20. The normalized spacial score (nSPS) is 14.3. The molecule has 0 radical (unpaired) electrons. The molecule has 1 unspecified atom stereocenters. The van der Waals surface area contributed by atoms with Crippen LogP contribution in [0.3, 0.4) is 0 Å². The fourth-order valence-corrected chi connectivity index (χ4v) is 2.63. The molecule has 0 saturated heterocycles. The maximum atomic E-state index is 12.4. The number of nitrogens with zero attached hydrogens (tertiary/aromatic N) is 1. The zero-order valence-electron chi connectivity index (χ0n) is 12.2. The lowest BCUT2D eigenvalue weighted by atomic mass is 9.98. The van der Waals surface area contributed by atoms with Crippen molar-refractivity contribution in [3.8, 4) is 0 Å². The van der Waals surface area contributed by atoms with Crippen molar-refractivity contribution in [1.82, 2.24) is 10.3 Å². The van der Waals surface area contributed by atoms with E-state index in [-0.39, 0.29) is 12.1 Å². The topological polar surface area (TPSA) is 62.2 Å². The Morgan fingerprint density at radius 2 is 2.09 bits per heavy atom. The lowest BCUT2D eigenvalue weighted by molar-refractivity contribution is -0.141. The first-order valence-electron chi connectivity index (χ1n) is 6.72. The number of amides is 1. The van der Waals surface area contributed by atoms with Crippen LogP contribution in [0.4, 0.5) is 13.2 Å². The van der Waals surface area contributed by atoms with E-state index in [0.29, 0.717) is 6.42 Å². The highest BCUT2D eigenvalue weighted by Gasteiger charge is 2.32. The highest BCUT2D eigenvalue weighted by Crippen LogP contribution is 2.27. The standard InChI is InChI=1S/C15H15F3N2O2S/c1-14(22,6-10-4-5-23-8-10)9-20-13(21)11-2-3-12(19-7-11)15(16,17)18/h2-5,7-8,22H,6,9H2,1H3,(H,20,21). The van der Waals surface area contributed by atoms with Crippen molar-refractivity contribution in [3.63, 3.8) is 0 Å². The number of hydrogen-bond donors (Lipinski definition) is 2. The molecule has 23 heavy (non-hydrogen) atoms. The van der Waals surface area contributed by atoms with E-state index in [2.05, 4.69) is 10.3 Å². The van der Waals surface area contributed by atoms with Crippen LogP contribution < -0.4 is 5.32 Å². The second kappa shape index (κ2) is 6.67. The molecule has 0 fully saturated rings. The molecule has 0 aliphatic rings. The zero-order valence-corrected chi connectivity index (χ0v) is 13.0. The smallest absolute Gasteiger partial charge is 0.388 e. The van der Waals surface area contributed by atoms with Crippen molar-refractivity contribution in [1.29, 1.82) is 0 Å². The maximum absolute atomic E-state index is 12.4. The molecule has 2 aromatic rings. The Morgan fingerprint density at radius 3 is 2.61 bits per heavy atom. The molecule has 2 rings (SSSR count). The molecule has 2 N–H and O–H groups in total. The molecule has 0 aliphatic carbocycles.